The van der Waals surface area contributed by atoms with Crippen molar-refractivity contribution >= 4 is 29.9 Å². The SMILES string of the molecule is CN=C(NCCCOC)NCc1cccc(OC(F)F)c1.I. The van der Waals surface area contributed by atoms with E-state index in [1.54, 1.807) is 26.3 Å². The molecule has 0 aliphatic carbocycles. The third-order valence-electron chi connectivity index (χ3n) is 2.62. The molecular weight excluding hydrogens is 407 g/mol. The van der Waals surface area contributed by atoms with Gasteiger partial charge in [-0.3, -0.25) is 4.99 Å². The number of ether oxygens (including phenoxy) is 2. The normalized spacial score (nSPS) is 11.0. The molecule has 1 rings (SSSR count). The highest BCUT2D eigenvalue weighted by atomic mass is 127. The first-order valence-corrected chi connectivity index (χ1v) is 6.63. The Morgan fingerprint density at radius 3 is 2.73 bits per heavy atom. The van der Waals surface area contributed by atoms with E-state index in [9.17, 15) is 8.78 Å². The molecule has 0 spiro atoms. The van der Waals surface area contributed by atoms with Crippen molar-refractivity contribution < 1.29 is 18.3 Å². The quantitative estimate of drug-likeness (QED) is 0.289. The van der Waals surface area contributed by atoms with Crippen LogP contribution in [0.2, 0.25) is 0 Å². The fraction of sp³-hybridized carbons (Fsp3) is 0.500. The van der Waals surface area contributed by atoms with Gasteiger partial charge in [-0.25, -0.2) is 0 Å². The van der Waals surface area contributed by atoms with Crippen molar-refractivity contribution in [1.29, 1.82) is 0 Å². The molecule has 1 aromatic carbocycles. The van der Waals surface area contributed by atoms with Crippen LogP contribution in [0.1, 0.15) is 12.0 Å². The Hall–Kier alpha value is -1.16. The minimum absolute atomic E-state index is 0. The Kier molecular flexibility index (Phi) is 11.7. The molecule has 1 aromatic rings. The third kappa shape index (κ3) is 8.98. The van der Waals surface area contributed by atoms with Crippen LogP contribution in [0.5, 0.6) is 5.75 Å². The lowest BCUT2D eigenvalue weighted by Crippen LogP contribution is -2.37. The summed E-state index contributed by atoms with van der Waals surface area (Å²) in [5.41, 5.74) is 0.827. The van der Waals surface area contributed by atoms with Crippen LogP contribution >= 0.6 is 24.0 Å². The van der Waals surface area contributed by atoms with Crippen LogP contribution in [0.4, 0.5) is 8.78 Å². The molecule has 5 nitrogen and oxygen atoms in total. The number of halogens is 3. The van der Waals surface area contributed by atoms with Gasteiger partial charge in [0.05, 0.1) is 0 Å². The van der Waals surface area contributed by atoms with E-state index in [0.29, 0.717) is 19.1 Å². The number of guanidine groups is 1. The fourth-order valence-electron chi connectivity index (χ4n) is 1.66. The molecule has 126 valence electrons. The summed E-state index contributed by atoms with van der Waals surface area (Å²) in [6.45, 7) is -0.938. The number of benzene rings is 1. The van der Waals surface area contributed by atoms with Crippen molar-refractivity contribution in [2.75, 3.05) is 27.3 Å². The second-order valence-corrected chi connectivity index (χ2v) is 4.22. The van der Waals surface area contributed by atoms with E-state index >= 15 is 0 Å². The van der Waals surface area contributed by atoms with E-state index in [-0.39, 0.29) is 29.7 Å². The van der Waals surface area contributed by atoms with Gasteiger partial charge in [0.1, 0.15) is 5.75 Å². The first-order valence-electron chi connectivity index (χ1n) is 6.63. The number of alkyl halides is 2. The Balaban J connectivity index is 0.00000441. The minimum atomic E-state index is -2.82. The molecule has 0 amide bonds. The first-order chi connectivity index (χ1) is 10.2. The lowest BCUT2D eigenvalue weighted by atomic mass is 10.2. The zero-order chi connectivity index (χ0) is 15.5. The summed E-state index contributed by atoms with van der Waals surface area (Å²) in [6, 6.07) is 6.55. The molecule has 0 heterocycles. The van der Waals surface area contributed by atoms with E-state index in [0.717, 1.165) is 18.5 Å². The van der Waals surface area contributed by atoms with Gasteiger partial charge in [0.15, 0.2) is 5.96 Å². The number of hydrogen-bond acceptors (Lipinski definition) is 3. The largest absolute Gasteiger partial charge is 0.435 e. The maximum atomic E-state index is 12.1. The summed E-state index contributed by atoms with van der Waals surface area (Å²) in [5, 5.41) is 6.23. The van der Waals surface area contributed by atoms with Gasteiger partial charge >= 0.3 is 6.61 Å². The molecule has 0 unspecified atom stereocenters. The average molecular weight is 429 g/mol. The van der Waals surface area contributed by atoms with Crippen molar-refractivity contribution in [3.63, 3.8) is 0 Å². The summed E-state index contributed by atoms with van der Waals surface area (Å²) in [4.78, 5) is 4.07. The molecule has 0 radical (unpaired) electrons. The van der Waals surface area contributed by atoms with Crippen LogP contribution in [-0.2, 0) is 11.3 Å². The van der Waals surface area contributed by atoms with Gasteiger partial charge in [-0.1, -0.05) is 12.1 Å². The zero-order valence-corrected chi connectivity index (χ0v) is 15.0. The third-order valence-corrected chi connectivity index (χ3v) is 2.62. The molecule has 0 fully saturated rings. The van der Waals surface area contributed by atoms with Gasteiger partial charge in [-0.2, -0.15) is 8.78 Å². The van der Waals surface area contributed by atoms with Gasteiger partial charge in [0.25, 0.3) is 0 Å². The lowest BCUT2D eigenvalue weighted by molar-refractivity contribution is -0.0498. The minimum Gasteiger partial charge on any atom is -0.435 e. The van der Waals surface area contributed by atoms with Gasteiger partial charge in [0.2, 0.25) is 0 Å². The molecule has 0 aliphatic rings. The van der Waals surface area contributed by atoms with Crippen molar-refractivity contribution in [3.05, 3.63) is 29.8 Å². The summed E-state index contributed by atoms with van der Waals surface area (Å²) < 4.78 is 33.6. The monoisotopic (exact) mass is 429 g/mol. The zero-order valence-electron chi connectivity index (χ0n) is 12.6. The molecule has 8 heteroatoms. The molecule has 0 aliphatic heterocycles. The molecule has 0 bridgehead atoms. The van der Waals surface area contributed by atoms with E-state index in [1.807, 2.05) is 6.07 Å². The lowest BCUT2D eigenvalue weighted by Gasteiger charge is -2.12. The van der Waals surface area contributed by atoms with E-state index < -0.39 is 6.61 Å². The number of nitrogens with one attached hydrogen (secondary N) is 2. The maximum absolute atomic E-state index is 12.1. The molecule has 22 heavy (non-hydrogen) atoms. The van der Waals surface area contributed by atoms with Crippen molar-refractivity contribution in [2.45, 2.75) is 19.6 Å². The van der Waals surface area contributed by atoms with Gasteiger partial charge in [-0.15, -0.1) is 24.0 Å². The number of aliphatic imine (C=N–C) groups is 1. The van der Waals surface area contributed by atoms with Crippen LogP contribution in [0.3, 0.4) is 0 Å². The van der Waals surface area contributed by atoms with Crippen molar-refractivity contribution in [1.82, 2.24) is 10.6 Å². The molecule has 0 atom stereocenters. The van der Waals surface area contributed by atoms with Gasteiger partial charge in [-0.05, 0) is 24.1 Å². The Labute approximate surface area is 146 Å². The predicted octanol–water partition coefficient (Wildman–Crippen LogP) is 2.61. The van der Waals surface area contributed by atoms with Crippen molar-refractivity contribution in [3.8, 4) is 5.75 Å². The van der Waals surface area contributed by atoms with E-state index in [2.05, 4.69) is 20.4 Å². The smallest absolute Gasteiger partial charge is 0.387 e. The number of hydrogen-bond donors (Lipinski definition) is 2. The molecular formula is C14H22F2IN3O2. The highest BCUT2D eigenvalue weighted by Gasteiger charge is 2.05. The highest BCUT2D eigenvalue weighted by Crippen LogP contribution is 2.15. The molecule has 0 saturated carbocycles. The number of nitrogens with zero attached hydrogens (tertiary/aromatic N) is 1. The highest BCUT2D eigenvalue weighted by molar-refractivity contribution is 14.0. The second-order valence-electron chi connectivity index (χ2n) is 4.22. The van der Waals surface area contributed by atoms with Crippen LogP contribution < -0.4 is 15.4 Å². The predicted molar refractivity (Wildman–Crippen MR) is 93.2 cm³/mol. The second kappa shape index (κ2) is 12.4. The summed E-state index contributed by atoms with van der Waals surface area (Å²) >= 11 is 0. The first kappa shape index (κ1) is 20.8. The Bertz CT molecular complexity index is 448. The van der Waals surface area contributed by atoms with Crippen molar-refractivity contribution in [2.24, 2.45) is 4.99 Å². The van der Waals surface area contributed by atoms with E-state index in [1.165, 1.54) is 6.07 Å². The van der Waals surface area contributed by atoms with Gasteiger partial charge < -0.3 is 20.1 Å². The maximum Gasteiger partial charge on any atom is 0.387 e. The summed E-state index contributed by atoms with van der Waals surface area (Å²) in [7, 11) is 3.32. The summed E-state index contributed by atoms with van der Waals surface area (Å²) in [6.07, 6.45) is 0.870. The van der Waals surface area contributed by atoms with Crippen LogP contribution in [0.25, 0.3) is 0 Å². The van der Waals surface area contributed by atoms with Crippen LogP contribution in [0.15, 0.2) is 29.3 Å². The van der Waals surface area contributed by atoms with Crippen LogP contribution in [0, 0.1) is 0 Å². The van der Waals surface area contributed by atoms with Crippen LogP contribution in [-0.4, -0.2) is 39.9 Å². The topological polar surface area (TPSA) is 54.9 Å². The standard InChI is InChI=1S/C14H21F2N3O2.HI/c1-17-14(18-7-4-8-20-2)19-10-11-5-3-6-12(9-11)21-13(15)16;/h3,5-6,9,13H,4,7-8,10H2,1-2H3,(H2,17,18,19);1H. The Morgan fingerprint density at radius 2 is 2.09 bits per heavy atom. The fourth-order valence-corrected chi connectivity index (χ4v) is 1.66. The molecule has 0 aromatic heterocycles. The van der Waals surface area contributed by atoms with E-state index in [4.69, 9.17) is 4.74 Å². The Morgan fingerprint density at radius 1 is 1.32 bits per heavy atom. The number of methoxy groups -OCH3 is 1. The number of rotatable bonds is 8. The average Bonchev–Trinajstić information content (AvgIpc) is 2.46. The summed E-state index contributed by atoms with van der Waals surface area (Å²) in [5.74, 6) is 0.790. The molecule has 2 N–H and O–H groups in total. The van der Waals surface area contributed by atoms with Gasteiger partial charge in [0, 0.05) is 33.9 Å². The molecule has 0 saturated heterocycles.